The van der Waals surface area contributed by atoms with Gasteiger partial charge in [-0.2, -0.15) is 0 Å². The van der Waals surface area contributed by atoms with Gasteiger partial charge >= 0.3 is 0 Å². The number of carbonyl (C=O) groups is 1. The van der Waals surface area contributed by atoms with Crippen LogP contribution in [0.4, 0.5) is 0 Å². The first kappa shape index (κ1) is 17.6. The van der Waals surface area contributed by atoms with Gasteiger partial charge < -0.3 is 10.1 Å². The minimum absolute atomic E-state index is 0.0175. The van der Waals surface area contributed by atoms with Gasteiger partial charge in [0.2, 0.25) is 0 Å². The predicted molar refractivity (Wildman–Crippen MR) is 99.6 cm³/mol. The maximum atomic E-state index is 12.4. The number of morpholine rings is 1. The number of aryl methyl sites for hydroxylation is 2. The molecule has 0 aromatic heterocycles. The number of nitrogens with one attached hydrogen (secondary N) is 1. The number of ether oxygens (including phenoxy) is 1. The van der Waals surface area contributed by atoms with E-state index in [1.165, 1.54) is 11.1 Å². The fourth-order valence-electron chi connectivity index (χ4n) is 3.20. The first-order valence-corrected chi connectivity index (χ1v) is 8.85. The van der Waals surface area contributed by atoms with E-state index < -0.39 is 0 Å². The number of hydrogen-bond donors (Lipinski definition) is 1. The van der Waals surface area contributed by atoms with Crippen LogP contribution in [0.5, 0.6) is 0 Å². The van der Waals surface area contributed by atoms with Gasteiger partial charge in [-0.05, 0) is 36.6 Å². The Balaban J connectivity index is 1.59. The molecule has 0 unspecified atom stereocenters. The second-order valence-electron chi connectivity index (χ2n) is 6.71. The Morgan fingerprint density at radius 3 is 2.60 bits per heavy atom. The molecule has 0 radical (unpaired) electrons. The lowest BCUT2D eigenvalue weighted by molar-refractivity contribution is 0.0342. The first-order valence-electron chi connectivity index (χ1n) is 8.85. The summed E-state index contributed by atoms with van der Waals surface area (Å²) in [6.07, 6.45) is 0. The fourth-order valence-corrected chi connectivity index (χ4v) is 3.20. The van der Waals surface area contributed by atoms with Crippen molar-refractivity contribution >= 4 is 5.91 Å². The van der Waals surface area contributed by atoms with Crippen molar-refractivity contribution in [3.8, 4) is 0 Å². The summed E-state index contributed by atoms with van der Waals surface area (Å²) in [6, 6.07) is 14.4. The van der Waals surface area contributed by atoms with Crippen molar-refractivity contribution in [3.63, 3.8) is 0 Å². The summed E-state index contributed by atoms with van der Waals surface area (Å²) in [4.78, 5) is 14.8. The number of nitrogens with zero attached hydrogens (tertiary/aromatic N) is 1. The first-order chi connectivity index (χ1) is 12.1. The zero-order chi connectivity index (χ0) is 17.6. The van der Waals surface area contributed by atoms with Crippen molar-refractivity contribution in [2.75, 3.05) is 26.3 Å². The van der Waals surface area contributed by atoms with Crippen LogP contribution in [0.3, 0.4) is 0 Å². The van der Waals surface area contributed by atoms with E-state index in [1.807, 2.05) is 32.0 Å². The van der Waals surface area contributed by atoms with E-state index in [2.05, 4.69) is 34.5 Å². The van der Waals surface area contributed by atoms with Gasteiger partial charge in [0.15, 0.2) is 0 Å². The van der Waals surface area contributed by atoms with Crippen molar-refractivity contribution in [2.45, 2.75) is 26.9 Å². The van der Waals surface area contributed by atoms with Gasteiger partial charge in [-0.15, -0.1) is 0 Å². The summed E-state index contributed by atoms with van der Waals surface area (Å²) in [5.41, 5.74) is 5.34. The summed E-state index contributed by atoms with van der Waals surface area (Å²) in [6.45, 7) is 9.07. The molecule has 132 valence electrons. The third-order valence-electron chi connectivity index (χ3n) is 4.58. The van der Waals surface area contributed by atoms with E-state index in [9.17, 15) is 4.79 Å². The molecule has 1 saturated heterocycles. The van der Waals surface area contributed by atoms with Crippen LogP contribution in [0.25, 0.3) is 0 Å². The van der Waals surface area contributed by atoms with E-state index in [4.69, 9.17) is 4.74 Å². The number of hydrogen-bond acceptors (Lipinski definition) is 3. The monoisotopic (exact) mass is 338 g/mol. The molecule has 3 rings (SSSR count). The lowest BCUT2D eigenvalue weighted by atomic mass is 10.0. The summed E-state index contributed by atoms with van der Waals surface area (Å²) in [5, 5.41) is 3.03. The number of amides is 1. The smallest absolute Gasteiger partial charge is 0.251 e. The largest absolute Gasteiger partial charge is 0.379 e. The Morgan fingerprint density at radius 1 is 1.08 bits per heavy atom. The number of rotatable bonds is 5. The SMILES string of the molecule is Cc1ccc(C(=O)NCc2cccc(CN3CCOCC3)c2)c(C)c1. The normalized spacial score (nSPS) is 15.1. The Bertz CT molecular complexity index is 736. The number of benzene rings is 2. The van der Waals surface area contributed by atoms with E-state index in [0.29, 0.717) is 6.54 Å². The summed E-state index contributed by atoms with van der Waals surface area (Å²) in [5.74, 6) is -0.0175. The number of carbonyl (C=O) groups excluding carboxylic acids is 1. The van der Waals surface area contributed by atoms with Crippen LogP contribution in [-0.2, 0) is 17.8 Å². The van der Waals surface area contributed by atoms with E-state index >= 15 is 0 Å². The Kier molecular flexibility index (Phi) is 5.84. The molecule has 0 bridgehead atoms. The highest BCUT2D eigenvalue weighted by molar-refractivity contribution is 5.95. The quantitative estimate of drug-likeness (QED) is 0.911. The Morgan fingerprint density at radius 2 is 1.84 bits per heavy atom. The molecule has 4 heteroatoms. The fraction of sp³-hybridized carbons (Fsp3) is 0.381. The minimum atomic E-state index is -0.0175. The molecule has 1 N–H and O–H groups in total. The second-order valence-corrected chi connectivity index (χ2v) is 6.71. The van der Waals surface area contributed by atoms with Crippen molar-refractivity contribution in [1.29, 1.82) is 0 Å². The zero-order valence-electron chi connectivity index (χ0n) is 15.0. The lowest BCUT2D eigenvalue weighted by Crippen LogP contribution is -2.35. The van der Waals surface area contributed by atoms with Gasteiger partial charge in [-0.3, -0.25) is 9.69 Å². The van der Waals surface area contributed by atoms with Crippen molar-refractivity contribution in [1.82, 2.24) is 10.2 Å². The van der Waals surface area contributed by atoms with Crippen LogP contribution in [0.2, 0.25) is 0 Å². The molecule has 4 nitrogen and oxygen atoms in total. The second kappa shape index (κ2) is 8.28. The molecule has 0 spiro atoms. The molecule has 25 heavy (non-hydrogen) atoms. The topological polar surface area (TPSA) is 41.6 Å². The molecule has 2 aromatic carbocycles. The van der Waals surface area contributed by atoms with E-state index in [1.54, 1.807) is 0 Å². The Hall–Kier alpha value is -2.17. The van der Waals surface area contributed by atoms with Gasteiger partial charge in [0.1, 0.15) is 0 Å². The third kappa shape index (κ3) is 4.91. The lowest BCUT2D eigenvalue weighted by Gasteiger charge is -2.26. The molecule has 0 saturated carbocycles. The predicted octanol–water partition coefficient (Wildman–Crippen LogP) is 3.07. The molecular weight excluding hydrogens is 312 g/mol. The molecule has 1 fully saturated rings. The molecule has 1 aliphatic heterocycles. The van der Waals surface area contributed by atoms with Crippen molar-refractivity contribution in [2.24, 2.45) is 0 Å². The van der Waals surface area contributed by atoms with Gasteiger partial charge in [0.05, 0.1) is 13.2 Å². The Labute approximate surface area is 149 Å². The summed E-state index contributed by atoms with van der Waals surface area (Å²) < 4.78 is 5.40. The zero-order valence-corrected chi connectivity index (χ0v) is 15.0. The van der Waals surface area contributed by atoms with Crippen LogP contribution in [0, 0.1) is 13.8 Å². The van der Waals surface area contributed by atoms with E-state index in [-0.39, 0.29) is 5.91 Å². The van der Waals surface area contributed by atoms with Crippen LogP contribution in [0.15, 0.2) is 42.5 Å². The van der Waals surface area contributed by atoms with Gasteiger partial charge in [-0.25, -0.2) is 0 Å². The van der Waals surface area contributed by atoms with Crippen LogP contribution in [-0.4, -0.2) is 37.1 Å². The molecule has 1 aliphatic rings. The van der Waals surface area contributed by atoms with Crippen LogP contribution in [0.1, 0.15) is 32.6 Å². The highest BCUT2D eigenvalue weighted by atomic mass is 16.5. The average Bonchev–Trinajstić information content (AvgIpc) is 2.61. The minimum Gasteiger partial charge on any atom is -0.379 e. The molecule has 0 atom stereocenters. The van der Waals surface area contributed by atoms with Crippen LogP contribution < -0.4 is 5.32 Å². The molecular formula is C21H26N2O2. The summed E-state index contributed by atoms with van der Waals surface area (Å²) in [7, 11) is 0. The maximum Gasteiger partial charge on any atom is 0.251 e. The highest BCUT2D eigenvalue weighted by Gasteiger charge is 2.11. The molecule has 1 heterocycles. The van der Waals surface area contributed by atoms with E-state index in [0.717, 1.165) is 49.5 Å². The van der Waals surface area contributed by atoms with Gasteiger partial charge in [0, 0.05) is 31.7 Å². The van der Waals surface area contributed by atoms with Gasteiger partial charge in [-0.1, -0.05) is 42.0 Å². The molecule has 2 aromatic rings. The standard InChI is InChI=1S/C21H26N2O2/c1-16-6-7-20(17(2)12-16)21(24)22-14-18-4-3-5-19(13-18)15-23-8-10-25-11-9-23/h3-7,12-13H,8-11,14-15H2,1-2H3,(H,22,24). The van der Waals surface area contributed by atoms with Crippen molar-refractivity contribution in [3.05, 3.63) is 70.3 Å². The maximum absolute atomic E-state index is 12.4. The van der Waals surface area contributed by atoms with Crippen molar-refractivity contribution < 1.29 is 9.53 Å². The molecule has 0 aliphatic carbocycles. The third-order valence-corrected chi connectivity index (χ3v) is 4.58. The average molecular weight is 338 g/mol. The van der Waals surface area contributed by atoms with Gasteiger partial charge in [0.25, 0.3) is 5.91 Å². The van der Waals surface area contributed by atoms with Crippen LogP contribution >= 0.6 is 0 Å². The summed E-state index contributed by atoms with van der Waals surface area (Å²) >= 11 is 0. The highest BCUT2D eigenvalue weighted by Crippen LogP contribution is 2.12. The molecule has 1 amide bonds.